The zero-order chi connectivity index (χ0) is 11.1. The Bertz CT molecular complexity index is 281. The van der Waals surface area contributed by atoms with Crippen molar-refractivity contribution in [1.82, 2.24) is 9.88 Å². The van der Waals surface area contributed by atoms with Crippen LogP contribution in [0.2, 0.25) is 0 Å². The largest absolute Gasteiger partial charge is 0.370 e. The Morgan fingerprint density at radius 1 is 1.53 bits per heavy atom. The molecule has 84 valence electrons. The first-order valence-corrected chi connectivity index (χ1v) is 4.89. The second-order valence-corrected chi connectivity index (χ2v) is 3.17. The van der Waals surface area contributed by atoms with Crippen LogP contribution in [-0.4, -0.2) is 36.8 Å². The lowest BCUT2D eigenvalue weighted by Gasteiger charge is -2.13. The molecular formula is C10H17N3O2. The van der Waals surface area contributed by atoms with Crippen LogP contribution in [-0.2, 0) is 16.1 Å². The molecule has 1 aromatic heterocycles. The van der Waals surface area contributed by atoms with E-state index in [0.717, 1.165) is 6.54 Å². The van der Waals surface area contributed by atoms with Gasteiger partial charge in [-0.3, -0.25) is 4.79 Å². The van der Waals surface area contributed by atoms with Gasteiger partial charge in [0, 0.05) is 39.1 Å². The monoisotopic (exact) mass is 211 g/mol. The Morgan fingerprint density at radius 3 is 2.73 bits per heavy atom. The predicted molar refractivity (Wildman–Crippen MR) is 57.3 cm³/mol. The Kier molecular flexibility index (Phi) is 4.86. The normalized spacial score (nSPS) is 12.4. The number of hydrogen-bond donors (Lipinski definition) is 2. The van der Waals surface area contributed by atoms with Crippen LogP contribution >= 0.6 is 0 Å². The number of carbonyl (C=O) groups excluding carboxylic acids is 1. The fourth-order valence-corrected chi connectivity index (χ4v) is 1.25. The minimum atomic E-state index is -0.547. The Hall–Kier alpha value is -1.33. The lowest BCUT2D eigenvalue weighted by molar-refractivity contribution is -0.130. The zero-order valence-electron chi connectivity index (χ0n) is 8.85. The molecule has 15 heavy (non-hydrogen) atoms. The number of aromatic nitrogens is 1. The van der Waals surface area contributed by atoms with Crippen molar-refractivity contribution in [3.8, 4) is 0 Å². The molecule has 0 saturated carbocycles. The number of methoxy groups -OCH3 is 1. The zero-order valence-corrected chi connectivity index (χ0v) is 8.85. The van der Waals surface area contributed by atoms with Gasteiger partial charge in [-0.2, -0.15) is 0 Å². The number of carbonyl (C=O) groups is 1. The van der Waals surface area contributed by atoms with Gasteiger partial charge in [0.25, 0.3) is 5.91 Å². The molecular weight excluding hydrogens is 194 g/mol. The number of nitrogens with one attached hydrogen (secondary N) is 1. The van der Waals surface area contributed by atoms with Crippen molar-refractivity contribution in [3.63, 3.8) is 0 Å². The van der Waals surface area contributed by atoms with Gasteiger partial charge in [-0.05, 0) is 12.1 Å². The number of nitrogens with zero attached hydrogens (tertiary/aromatic N) is 1. The molecule has 0 aromatic carbocycles. The molecule has 0 bridgehead atoms. The van der Waals surface area contributed by atoms with Crippen molar-refractivity contribution in [1.29, 1.82) is 0 Å². The van der Waals surface area contributed by atoms with Crippen molar-refractivity contribution < 1.29 is 9.53 Å². The first-order valence-electron chi connectivity index (χ1n) is 4.89. The highest BCUT2D eigenvalue weighted by Crippen LogP contribution is 1.90. The van der Waals surface area contributed by atoms with Crippen LogP contribution < -0.4 is 11.1 Å². The van der Waals surface area contributed by atoms with Gasteiger partial charge < -0.3 is 20.4 Å². The van der Waals surface area contributed by atoms with Gasteiger partial charge in [-0.25, -0.2) is 0 Å². The van der Waals surface area contributed by atoms with Gasteiger partial charge >= 0.3 is 0 Å². The fourth-order valence-electron chi connectivity index (χ4n) is 1.25. The van der Waals surface area contributed by atoms with E-state index in [2.05, 4.69) is 5.32 Å². The number of amides is 1. The number of nitrogens with two attached hydrogens (primary N) is 1. The Morgan fingerprint density at radius 2 is 2.20 bits per heavy atom. The molecule has 3 N–H and O–H groups in total. The summed E-state index contributed by atoms with van der Waals surface area (Å²) in [5.41, 5.74) is 5.36. The first kappa shape index (κ1) is 11.7. The molecule has 0 aliphatic carbocycles. The molecule has 0 saturated heterocycles. The van der Waals surface area contributed by atoms with E-state index < -0.39 is 6.10 Å². The molecule has 0 radical (unpaired) electrons. The number of rotatable bonds is 6. The summed E-state index contributed by atoms with van der Waals surface area (Å²) in [5.74, 6) is -0.160. The SMILES string of the molecule is COC(CN)C(=O)NCCn1cccc1. The van der Waals surface area contributed by atoms with Crippen molar-refractivity contribution in [2.75, 3.05) is 20.2 Å². The summed E-state index contributed by atoms with van der Waals surface area (Å²) < 4.78 is 6.90. The van der Waals surface area contributed by atoms with E-state index in [0.29, 0.717) is 6.54 Å². The molecule has 0 spiro atoms. The molecule has 5 nitrogen and oxygen atoms in total. The Balaban J connectivity index is 2.22. The molecule has 1 rings (SSSR count). The smallest absolute Gasteiger partial charge is 0.250 e. The van der Waals surface area contributed by atoms with Gasteiger partial charge in [0.05, 0.1) is 0 Å². The molecule has 5 heteroatoms. The van der Waals surface area contributed by atoms with Crippen molar-refractivity contribution in [2.24, 2.45) is 5.73 Å². The van der Waals surface area contributed by atoms with E-state index in [1.165, 1.54) is 7.11 Å². The van der Waals surface area contributed by atoms with Crippen LogP contribution in [0.15, 0.2) is 24.5 Å². The van der Waals surface area contributed by atoms with Crippen molar-refractivity contribution in [2.45, 2.75) is 12.6 Å². The minimum absolute atomic E-state index is 0.160. The van der Waals surface area contributed by atoms with Crippen LogP contribution in [0.5, 0.6) is 0 Å². The number of hydrogen-bond acceptors (Lipinski definition) is 3. The Labute approximate surface area is 89.2 Å². The summed E-state index contributed by atoms with van der Waals surface area (Å²) in [6, 6.07) is 3.89. The van der Waals surface area contributed by atoms with Crippen LogP contribution in [0.3, 0.4) is 0 Å². The highest BCUT2D eigenvalue weighted by atomic mass is 16.5. The second-order valence-electron chi connectivity index (χ2n) is 3.17. The van der Waals surface area contributed by atoms with E-state index in [1.54, 1.807) is 0 Å². The quantitative estimate of drug-likeness (QED) is 0.671. The third-order valence-corrected chi connectivity index (χ3v) is 2.13. The topological polar surface area (TPSA) is 69.3 Å². The molecule has 0 aliphatic rings. The summed E-state index contributed by atoms with van der Waals surface area (Å²) in [7, 11) is 1.48. The van der Waals surface area contributed by atoms with Gasteiger partial charge in [0.2, 0.25) is 0 Å². The van der Waals surface area contributed by atoms with Crippen molar-refractivity contribution >= 4 is 5.91 Å². The average molecular weight is 211 g/mol. The summed E-state index contributed by atoms with van der Waals surface area (Å²) in [5, 5.41) is 2.76. The summed E-state index contributed by atoms with van der Waals surface area (Å²) in [4.78, 5) is 11.4. The highest BCUT2D eigenvalue weighted by Gasteiger charge is 2.14. The maximum Gasteiger partial charge on any atom is 0.250 e. The average Bonchev–Trinajstić information content (AvgIpc) is 2.72. The maximum absolute atomic E-state index is 11.4. The van der Waals surface area contributed by atoms with Gasteiger partial charge in [-0.15, -0.1) is 0 Å². The summed E-state index contributed by atoms with van der Waals surface area (Å²) in [6.45, 7) is 1.53. The van der Waals surface area contributed by atoms with E-state index in [9.17, 15) is 4.79 Å². The minimum Gasteiger partial charge on any atom is -0.370 e. The standard InChI is InChI=1S/C10H17N3O2/c1-15-9(8-11)10(14)12-4-7-13-5-2-3-6-13/h2-3,5-6,9H,4,7-8,11H2,1H3,(H,12,14). The first-order chi connectivity index (χ1) is 7.27. The molecule has 0 fully saturated rings. The van der Waals surface area contributed by atoms with Crippen molar-refractivity contribution in [3.05, 3.63) is 24.5 Å². The molecule has 1 aromatic rings. The third kappa shape index (κ3) is 3.73. The third-order valence-electron chi connectivity index (χ3n) is 2.13. The van der Waals surface area contributed by atoms with Gasteiger partial charge in [0.1, 0.15) is 6.10 Å². The highest BCUT2D eigenvalue weighted by molar-refractivity contribution is 5.80. The number of ether oxygens (including phenoxy) is 1. The maximum atomic E-state index is 11.4. The van der Waals surface area contributed by atoms with E-state index in [-0.39, 0.29) is 12.5 Å². The lowest BCUT2D eigenvalue weighted by Crippen LogP contribution is -2.41. The van der Waals surface area contributed by atoms with E-state index in [1.807, 2.05) is 29.1 Å². The fraction of sp³-hybridized carbons (Fsp3) is 0.500. The van der Waals surface area contributed by atoms with Gasteiger partial charge in [0.15, 0.2) is 0 Å². The summed E-state index contributed by atoms with van der Waals surface area (Å²) in [6.07, 6.45) is 3.35. The molecule has 1 amide bonds. The van der Waals surface area contributed by atoms with Crippen LogP contribution in [0.1, 0.15) is 0 Å². The van der Waals surface area contributed by atoms with Crippen LogP contribution in [0.4, 0.5) is 0 Å². The van der Waals surface area contributed by atoms with Crippen LogP contribution in [0.25, 0.3) is 0 Å². The van der Waals surface area contributed by atoms with Crippen LogP contribution in [0, 0.1) is 0 Å². The van der Waals surface area contributed by atoms with Gasteiger partial charge in [-0.1, -0.05) is 0 Å². The molecule has 1 heterocycles. The molecule has 1 unspecified atom stereocenters. The predicted octanol–water partition coefficient (Wildman–Crippen LogP) is -0.422. The molecule has 0 aliphatic heterocycles. The van der Waals surface area contributed by atoms with E-state index in [4.69, 9.17) is 10.5 Å². The lowest BCUT2D eigenvalue weighted by atomic mass is 10.3. The summed E-state index contributed by atoms with van der Waals surface area (Å²) >= 11 is 0. The van der Waals surface area contributed by atoms with E-state index >= 15 is 0 Å². The second kappa shape index (κ2) is 6.21. The molecule has 1 atom stereocenters.